The van der Waals surface area contributed by atoms with Crippen molar-refractivity contribution in [3.05, 3.63) is 39.6 Å². The first-order valence-corrected chi connectivity index (χ1v) is 8.46. The van der Waals surface area contributed by atoms with Crippen LogP contribution in [-0.2, 0) is 11.8 Å². The molecule has 1 heterocycles. The molecule has 0 fully saturated rings. The third-order valence-corrected chi connectivity index (χ3v) is 4.96. The van der Waals surface area contributed by atoms with Crippen molar-refractivity contribution in [1.82, 2.24) is 4.98 Å². The molecule has 2 N–H and O–H groups in total. The second kappa shape index (κ2) is 6.64. The molecule has 132 valence electrons. The lowest BCUT2D eigenvalue weighted by atomic mass is 9.99. The Labute approximate surface area is 140 Å². The molecule has 5 nitrogen and oxygen atoms in total. The lowest BCUT2D eigenvalue weighted by Crippen LogP contribution is -2.28. The molecule has 0 spiro atoms. The second-order valence-corrected chi connectivity index (χ2v) is 6.69. The number of thioether (sulfide) groups is 1. The Balaban J connectivity index is 2.60. The van der Waals surface area contributed by atoms with Gasteiger partial charge in [0.25, 0.3) is 5.69 Å². The lowest BCUT2D eigenvalue weighted by molar-refractivity contribution is -0.387. The highest BCUT2D eigenvalue weighted by Crippen LogP contribution is 2.39. The number of aliphatic hydroxyl groups is 1. The van der Waals surface area contributed by atoms with Gasteiger partial charge in [-0.05, 0) is 24.3 Å². The summed E-state index contributed by atoms with van der Waals surface area (Å²) in [6, 6.07) is 3.09. The van der Waals surface area contributed by atoms with Gasteiger partial charge in [-0.2, -0.15) is 24.9 Å². The Morgan fingerprint density at radius 3 is 2.46 bits per heavy atom. The zero-order valence-electron chi connectivity index (χ0n) is 13.1. The third-order valence-electron chi connectivity index (χ3n) is 3.87. The van der Waals surface area contributed by atoms with E-state index in [0.717, 1.165) is 17.9 Å². The fourth-order valence-electron chi connectivity index (χ4n) is 2.44. The highest BCUT2D eigenvalue weighted by molar-refractivity contribution is 7.99. The van der Waals surface area contributed by atoms with E-state index >= 15 is 0 Å². The molecule has 0 radical (unpaired) electrons. The van der Waals surface area contributed by atoms with Crippen LogP contribution in [0.4, 0.5) is 18.9 Å². The molecule has 9 heteroatoms. The second-order valence-electron chi connectivity index (χ2n) is 5.42. The Morgan fingerprint density at radius 1 is 1.29 bits per heavy atom. The predicted octanol–water partition coefficient (Wildman–Crippen LogP) is 4.45. The SMILES string of the molecule is CCSC[C@](O)(CC)c1cc2cc([N+](=O)[O-])c(C(F)(F)F)cc2[nH]1. The highest BCUT2D eigenvalue weighted by atomic mass is 32.2. The smallest absolute Gasteiger partial charge is 0.383 e. The van der Waals surface area contributed by atoms with Crippen LogP contribution in [0.1, 0.15) is 31.5 Å². The van der Waals surface area contributed by atoms with E-state index in [-0.39, 0.29) is 10.9 Å². The van der Waals surface area contributed by atoms with Crippen LogP contribution in [0, 0.1) is 10.1 Å². The van der Waals surface area contributed by atoms with Gasteiger partial charge in [-0.25, -0.2) is 0 Å². The van der Waals surface area contributed by atoms with Crippen LogP contribution in [0.5, 0.6) is 0 Å². The summed E-state index contributed by atoms with van der Waals surface area (Å²) in [6.07, 6.45) is -4.47. The van der Waals surface area contributed by atoms with Crippen molar-refractivity contribution >= 4 is 28.4 Å². The fraction of sp³-hybridized carbons (Fsp3) is 0.467. The Morgan fingerprint density at radius 2 is 1.96 bits per heavy atom. The summed E-state index contributed by atoms with van der Waals surface area (Å²) in [4.78, 5) is 12.7. The maximum absolute atomic E-state index is 13.0. The molecule has 0 aliphatic carbocycles. The van der Waals surface area contributed by atoms with Crippen LogP contribution >= 0.6 is 11.8 Å². The van der Waals surface area contributed by atoms with E-state index < -0.39 is 28.0 Å². The van der Waals surface area contributed by atoms with Gasteiger partial charge in [0.15, 0.2) is 0 Å². The largest absolute Gasteiger partial charge is 0.423 e. The number of benzene rings is 1. The number of aromatic amines is 1. The number of nitro benzene ring substituents is 1. The molecule has 2 rings (SSSR count). The topological polar surface area (TPSA) is 79.2 Å². The van der Waals surface area contributed by atoms with Crippen LogP contribution in [0.3, 0.4) is 0 Å². The zero-order chi connectivity index (χ0) is 18.1. The normalized spacial score (nSPS) is 14.8. The van der Waals surface area contributed by atoms with Gasteiger partial charge < -0.3 is 10.1 Å². The van der Waals surface area contributed by atoms with Crippen LogP contribution in [0.15, 0.2) is 18.2 Å². The molecule has 0 aliphatic heterocycles. The number of nitrogens with zero attached hydrogens (tertiary/aromatic N) is 1. The van der Waals surface area contributed by atoms with Crippen molar-refractivity contribution in [1.29, 1.82) is 0 Å². The Bertz CT molecular complexity index is 760. The molecule has 0 saturated heterocycles. The summed E-state index contributed by atoms with van der Waals surface area (Å²) in [5.74, 6) is 1.16. The molecule has 0 unspecified atom stereocenters. The van der Waals surface area contributed by atoms with Crippen LogP contribution in [-0.4, -0.2) is 26.5 Å². The molecule has 1 atom stereocenters. The van der Waals surface area contributed by atoms with Crippen molar-refractivity contribution in [3.63, 3.8) is 0 Å². The van der Waals surface area contributed by atoms with Crippen molar-refractivity contribution in [2.45, 2.75) is 32.0 Å². The highest BCUT2D eigenvalue weighted by Gasteiger charge is 2.39. The van der Waals surface area contributed by atoms with E-state index in [4.69, 9.17) is 0 Å². The first-order valence-electron chi connectivity index (χ1n) is 7.31. The van der Waals surface area contributed by atoms with Crippen molar-refractivity contribution in [2.75, 3.05) is 11.5 Å². The number of fused-ring (bicyclic) bond motifs is 1. The summed E-state index contributed by atoms with van der Waals surface area (Å²) >= 11 is 1.50. The van der Waals surface area contributed by atoms with Crippen LogP contribution in [0.2, 0.25) is 0 Å². The standard InChI is InChI=1S/C15H17F3N2O3S/c1-3-14(21,8-24-4-2)13-6-9-5-12(20(22)23)10(15(16,17)18)7-11(9)19-13/h5-7,19,21H,3-4,8H2,1-2H3/t14-/m1/s1. The monoisotopic (exact) mass is 362 g/mol. The molecule has 0 aliphatic rings. The third kappa shape index (κ3) is 3.51. The molecule has 24 heavy (non-hydrogen) atoms. The van der Waals surface area contributed by atoms with Crippen molar-refractivity contribution in [2.24, 2.45) is 0 Å². The molecule has 0 saturated carbocycles. The van der Waals surface area contributed by atoms with E-state index in [0.29, 0.717) is 17.9 Å². The van der Waals surface area contributed by atoms with Crippen LogP contribution in [0.25, 0.3) is 10.9 Å². The van der Waals surface area contributed by atoms with E-state index in [1.54, 1.807) is 6.92 Å². The minimum absolute atomic E-state index is 0.108. The summed E-state index contributed by atoms with van der Waals surface area (Å²) in [5, 5.41) is 21.9. The number of halogens is 3. The number of H-pyrrole nitrogens is 1. The van der Waals surface area contributed by atoms with E-state index in [1.165, 1.54) is 17.8 Å². The molecule has 2 aromatic rings. The summed E-state index contributed by atoms with van der Waals surface area (Å²) in [5.41, 5.74) is -3.07. The van der Waals surface area contributed by atoms with Gasteiger partial charge in [0.05, 0.1) is 4.92 Å². The van der Waals surface area contributed by atoms with E-state index in [2.05, 4.69) is 4.98 Å². The lowest BCUT2D eigenvalue weighted by Gasteiger charge is -2.25. The Hall–Kier alpha value is -1.74. The molecule has 1 aromatic heterocycles. The zero-order valence-corrected chi connectivity index (χ0v) is 13.9. The number of rotatable bonds is 6. The average Bonchev–Trinajstić information content (AvgIpc) is 2.94. The maximum atomic E-state index is 13.0. The van der Waals surface area contributed by atoms with Gasteiger partial charge in [0.1, 0.15) is 11.2 Å². The minimum atomic E-state index is -4.83. The number of aromatic nitrogens is 1. The van der Waals surface area contributed by atoms with Crippen molar-refractivity contribution in [3.8, 4) is 0 Å². The van der Waals surface area contributed by atoms with Crippen LogP contribution < -0.4 is 0 Å². The molecular formula is C15H17F3N2O3S. The number of hydrogen-bond donors (Lipinski definition) is 2. The first-order chi connectivity index (χ1) is 11.1. The van der Waals surface area contributed by atoms with E-state index in [9.17, 15) is 28.4 Å². The molecule has 0 amide bonds. The molecule has 1 aromatic carbocycles. The number of nitrogens with one attached hydrogen (secondary N) is 1. The van der Waals surface area contributed by atoms with Gasteiger partial charge >= 0.3 is 6.18 Å². The number of hydrogen-bond acceptors (Lipinski definition) is 4. The summed E-state index contributed by atoms with van der Waals surface area (Å²) in [6.45, 7) is 3.70. The maximum Gasteiger partial charge on any atom is 0.423 e. The molecular weight excluding hydrogens is 345 g/mol. The van der Waals surface area contributed by atoms with Gasteiger partial charge in [-0.15, -0.1) is 0 Å². The van der Waals surface area contributed by atoms with Gasteiger partial charge in [0, 0.05) is 28.4 Å². The molecule has 0 bridgehead atoms. The van der Waals surface area contributed by atoms with Gasteiger partial charge in [0.2, 0.25) is 0 Å². The first kappa shape index (κ1) is 18.6. The summed E-state index contributed by atoms with van der Waals surface area (Å²) < 4.78 is 39.1. The number of nitro groups is 1. The van der Waals surface area contributed by atoms with Crippen molar-refractivity contribution < 1.29 is 23.2 Å². The van der Waals surface area contributed by atoms with Gasteiger partial charge in [-0.1, -0.05) is 13.8 Å². The summed E-state index contributed by atoms with van der Waals surface area (Å²) in [7, 11) is 0. The van der Waals surface area contributed by atoms with Gasteiger partial charge in [-0.3, -0.25) is 10.1 Å². The quantitative estimate of drug-likeness (QED) is 0.588. The minimum Gasteiger partial charge on any atom is -0.383 e. The average molecular weight is 362 g/mol. The number of alkyl halides is 3. The van der Waals surface area contributed by atoms with E-state index in [1.807, 2.05) is 6.92 Å². The Kier molecular flexibility index (Phi) is 5.14. The predicted molar refractivity (Wildman–Crippen MR) is 87.1 cm³/mol. The fourth-order valence-corrected chi connectivity index (χ4v) is 3.34.